The molecule has 3 rings (SSSR count). The molecule has 0 saturated heterocycles. The molecule has 3 aromatic rings. The van der Waals surface area contributed by atoms with Crippen molar-refractivity contribution >= 4 is 28.9 Å². The zero-order chi connectivity index (χ0) is 15.5. The van der Waals surface area contributed by atoms with Crippen LogP contribution in [0.2, 0.25) is 5.02 Å². The third kappa shape index (κ3) is 3.15. The standard InChI is InChI=1S/C14H10ClN3O3S/c1-8-16-6-11(22-8)14(19)20-7-12-17-18-13(21-12)9-4-2-3-5-10(9)15/h2-6H,7H2,1H3. The normalized spacial score (nSPS) is 10.6. The maximum atomic E-state index is 11.8. The molecule has 112 valence electrons. The molecule has 0 fully saturated rings. The average Bonchev–Trinajstić information content (AvgIpc) is 3.14. The zero-order valence-electron chi connectivity index (χ0n) is 11.4. The van der Waals surface area contributed by atoms with E-state index in [0.29, 0.717) is 15.5 Å². The second-order valence-corrected chi connectivity index (χ2v) is 5.94. The number of aromatic nitrogens is 3. The molecule has 1 aromatic carbocycles. The molecule has 0 unspecified atom stereocenters. The van der Waals surface area contributed by atoms with Crippen molar-refractivity contribution in [1.82, 2.24) is 15.2 Å². The van der Waals surface area contributed by atoms with Crippen LogP contribution in [0.15, 0.2) is 34.9 Å². The number of thiazole rings is 1. The van der Waals surface area contributed by atoms with Gasteiger partial charge in [-0.2, -0.15) is 0 Å². The number of esters is 1. The fraction of sp³-hybridized carbons (Fsp3) is 0.143. The number of ether oxygens (including phenoxy) is 1. The summed E-state index contributed by atoms with van der Waals surface area (Å²) in [6.07, 6.45) is 1.48. The smallest absolute Gasteiger partial charge is 0.350 e. The van der Waals surface area contributed by atoms with Crippen molar-refractivity contribution in [1.29, 1.82) is 0 Å². The van der Waals surface area contributed by atoms with Crippen LogP contribution in [0, 0.1) is 6.92 Å². The van der Waals surface area contributed by atoms with Gasteiger partial charge in [-0.3, -0.25) is 0 Å². The minimum absolute atomic E-state index is 0.104. The van der Waals surface area contributed by atoms with E-state index in [4.69, 9.17) is 20.8 Å². The number of halogens is 1. The Kier molecular flexibility index (Phi) is 4.17. The van der Waals surface area contributed by atoms with E-state index >= 15 is 0 Å². The molecule has 0 radical (unpaired) electrons. The third-order valence-corrected chi connectivity index (χ3v) is 3.94. The van der Waals surface area contributed by atoms with E-state index in [1.807, 2.05) is 19.1 Å². The Balaban J connectivity index is 1.67. The van der Waals surface area contributed by atoms with E-state index in [1.165, 1.54) is 17.5 Å². The van der Waals surface area contributed by atoms with Crippen LogP contribution in [0.25, 0.3) is 11.5 Å². The van der Waals surface area contributed by atoms with Crippen LogP contribution in [0.1, 0.15) is 20.6 Å². The summed E-state index contributed by atoms with van der Waals surface area (Å²) in [6, 6.07) is 7.12. The van der Waals surface area contributed by atoms with E-state index < -0.39 is 5.97 Å². The molecule has 8 heteroatoms. The molecule has 6 nitrogen and oxygen atoms in total. The molecule has 0 aliphatic carbocycles. The Labute approximate surface area is 134 Å². The van der Waals surface area contributed by atoms with Crippen LogP contribution in [0.3, 0.4) is 0 Å². The van der Waals surface area contributed by atoms with E-state index in [9.17, 15) is 4.79 Å². The first-order chi connectivity index (χ1) is 10.6. The van der Waals surface area contributed by atoms with Gasteiger partial charge in [-0.1, -0.05) is 23.7 Å². The van der Waals surface area contributed by atoms with Gasteiger partial charge in [0.1, 0.15) is 4.88 Å². The van der Waals surface area contributed by atoms with Crippen molar-refractivity contribution in [2.45, 2.75) is 13.5 Å². The van der Waals surface area contributed by atoms with Crippen LogP contribution in [0.4, 0.5) is 0 Å². The lowest BCUT2D eigenvalue weighted by molar-refractivity contribution is 0.0444. The minimum atomic E-state index is -0.469. The van der Waals surface area contributed by atoms with Crippen LogP contribution in [-0.2, 0) is 11.3 Å². The lowest BCUT2D eigenvalue weighted by Gasteiger charge is -1.99. The molecule has 0 aliphatic heterocycles. The fourth-order valence-electron chi connectivity index (χ4n) is 1.71. The van der Waals surface area contributed by atoms with Crippen molar-refractivity contribution in [2.24, 2.45) is 0 Å². The highest BCUT2D eigenvalue weighted by Crippen LogP contribution is 2.26. The van der Waals surface area contributed by atoms with Gasteiger partial charge < -0.3 is 9.15 Å². The number of carbonyl (C=O) groups excluding carboxylic acids is 1. The maximum Gasteiger partial charge on any atom is 0.350 e. The number of aryl methyl sites for hydroxylation is 1. The van der Waals surface area contributed by atoms with Crippen LogP contribution < -0.4 is 0 Å². The monoisotopic (exact) mass is 335 g/mol. The van der Waals surface area contributed by atoms with Gasteiger partial charge in [0.15, 0.2) is 6.61 Å². The highest BCUT2D eigenvalue weighted by Gasteiger charge is 2.15. The summed E-state index contributed by atoms with van der Waals surface area (Å²) in [6.45, 7) is 1.71. The van der Waals surface area contributed by atoms with Gasteiger partial charge in [0.25, 0.3) is 5.89 Å². The molecule has 0 amide bonds. The quantitative estimate of drug-likeness (QED) is 0.679. The lowest BCUT2D eigenvalue weighted by atomic mass is 10.2. The first-order valence-corrected chi connectivity index (χ1v) is 7.50. The van der Waals surface area contributed by atoms with Gasteiger partial charge in [0.2, 0.25) is 5.89 Å². The third-order valence-electron chi connectivity index (χ3n) is 2.72. The first kappa shape index (κ1) is 14.7. The molecule has 0 atom stereocenters. The predicted octanol–water partition coefficient (Wildman–Crippen LogP) is 3.51. The number of nitrogens with zero attached hydrogens (tertiary/aromatic N) is 3. The summed E-state index contributed by atoms with van der Waals surface area (Å²) in [5, 5.41) is 9.05. The van der Waals surface area contributed by atoms with E-state index in [-0.39, 0.29) is 18.4 Å². The Morgan fingerprint density at radius 1 is 1.36 bits per heavy atom. The number of hydrogen-bond acceptors (Lipinski definition) is 7. The predicted molar refractivity (Wildman–Crippen MR) is 80.7 cm³/mol. The molecule has 0 bridgehead atoms. The SMILES string of the molecule is Cc1ncc(C(=O)OCc2nnc(-c3ccccc3Cl)o2)s1. The second kappa shape index (κ2) is 6.25. The van der Waals surface area contributed by atoms with Crippen molar-refractivity contribution in [3.05, 3.63) is 51.3 Å². The summed E-state index contributed by atoms with van der Waals surface area (Å²) in [4.78, 5) is 16.2. The number of rotatable bonds is 4. The molecule has 22 heavy (non-hydrogen) atoms. The van der Waals surface area contributed by atoms with E-state index in [1.54, 1.807) is 12.1 Å². The molecular formula is C14H10ClN3O3S. The second-order valence-electron chi connectivity index (χ2n) is 4.30. The molecule has 0 saturated carbocycles. The Bertz CT molecular complexity index is 815. The van der Waals surface area contributed by atoms with E-state index in [2.05, 4.69) is 15.2 Å². The first-order valence-electron chi connectivity index (χ1n) is 6.30. The molecule has 0 N–H and O–H groups in total. The van der Waals surface area contributed by atoms with Crippen molar-refractivity contribution in [2.75, 3.05) is 0 Å². The molecule has 0 aliphatic rings. The largest absolute Gasteiger partial charge is 0.451 e. The topological polar surface area (TPSA) is 78.1 Å². The average molecular weight is 336 g/mol. The number of hydrogen-bond donors (Lipinski definition) is 0. The Hall–Kier alpha value is -2.25. The van der Waals surface area contributed by atoms with Gasteiger partial charge in [-0.15, -0.1) is 21.5 Å². The summed E-state index contributed by atoms with van der Waals surface area (Å²) in [5.74, 6) is 0.0119. The summed E-state index contributed by atoms with van der Waals surface area (Å²) < 4.78 is 10.6. The van der Waals surface area contributed by atoms with Crippen molar-refractivity contribution < 1.29 is 13.9 Å². The van der Waals surface area contributed by atoms with Crippen molar-refractivity contribution in [3.8, 4) is 11.5 Å². The Morgan fingerprint density at radius 2 is 2.18 bits per heavy atom. The molecular weight excluding hydrogens is 326 g/mol. The van der Waals surface area contributed by atoms with Gasteiger partial charge in [0, 0.05) is 0 Å². The van der Waals surface area contributed by atoms with Gasteiger partial charge in [0.05, 0.1) is 21.8 Å². The fourth-order valence-corrected chi connectivity index (χ4v) is 2.60. The molecule has 2 aromatic heterocycles. The highest BCUT2D eigenvalue weighted by molar-refractivity contribution is 7.13. The van der Waals surface area contributed by atoms with Crippen LogP contribution in [-0.4, -0.2) is 21.2 Å². The van der Waals surface area contributed by atoms with Gasteiger partial charge in [-0.25, -0.2) is 9.78 Å². The Morgan fingerprint density at radius 3 is 2.91 bits per heavy atom. The summed E-state index contributed by atoms with van der Waals surface area (Å²) >= 11 is 7.32. The van der Waals surface area contributed by atoms with Crippen LogP contribution >= 0.6 is 22.9 Å². The van der Waals surface area contributed by atoms with Gasteiger partial charge >= 0.3 is 5.97 Å². The summed E-state index contributed by atoms with van der Waals surface area (Å²) in [7, 11) is 0. The van der Waals surface area contributed by atoms with Crippen LogP contribution in [0.5, 0.6) is 0 Å². The number of carbonyl (C=O) groups is 1. The minimum Gasteiger partial charge on any atom is -0.451 e. The van der Waals surface area contributed by atoms with Gasteiger partial charge in [-0.05, 0) is 19.1 Å². The highest BCUT2D eigenvalue weighted by atomic mass is 35.5. The molecule has 0 spiro atoms. The number of benzene rings is 1. The lowest BCUT2D eigenvalue weighted by Crippen LogP contribution is -2.03. The van der Waals surface area contributed by atoms with Crippen molar-refractivity contribution in [3.63, 3.8) is 0 Å². The maximum absolute atomic E-state index is 11.8. The van der Waals surface area contributed by atoms with E-state index in [0.717, 1.165) is 5.01 Å². The molecule has 2 heterocycles. The summed E-state index contributed by atoms with van der Waals surface area (Å²) in [5.41, 5.74) is 0.632. The zero-order valence-corrected chi connectivity index (χ0v) is 13.0.